The van der Waals surface area contributed by atoms with Crippen molar-refractivity contribution in [3.63, 3.8) is 0 Å². The summed E-state index contributed by atoms with van der Waals surface area (Å²) in [6, 6.07) is 9.98. The Morgan fingerprint density at radius 1 is 1.17 bits per heavy atom. The number of halogens is 2. The average Bonchev–Trinajstić information content (AvgIpc) is 2.51. The van der Waals surface area contributed by atoms with Crippen LogP contribution in [0.2, 0.25) is 10.0 Å². The molecule has 0 fully saturated rings. The van der Waals surface area contributed by atoms with Crippen LogP contribution in [0.1, 0.15) is 15.9 Å². The van der Waals surface area contributed by atoms with Crippen molar-refractivity contribution in [3.05, 3.63) is 74.0 Å². The van der Waals surface area contributed by atoms with E-state index < -0.39 is 5.91 Å². The summed E-state index contributed by atoms with van der Waals surface area (Å²) in [7, 11) is 0. The highest BCUT2D eigenvalue weighted by Crippen LogP contribution is 2.22. The Kier molecular flexibility index (Phi) is 4.11. The van der Waals surface area contributed by atoms with Crippen molar-refractivity contribution in [2.45, 2.75) is 6.92 Å². The molecule has 1 amide bonds. The number of hydrogen-bond acceptors (Lipinski definition) is 2. The van der Waals surface area contributed by atoms with E-state index in [1.165, 1.54) is 6.20 Å². The zero-order chi connectivity index (χ0) is 16.6. The van der Waals surface area contributed by atoms with E-state index in [4.69, 9.17) is 23.2 Å². The summed E-state index contributed by atoms with van der Waals surface area (Å²) in [6.07, 6.45) is 1.40. The standard InChI is InChI=1S/C17H12Cl2N2O2/c1-9-14(19)6-5-12-15(9)20-8-13(16(12)22)17(23)21-11-4-2-3-10(18)7-11/h2-8H,1H3,(H,20,22)(H,21,23). The zero-order valence-electron chi connectivity index (χ0n) is 12.1. The fourth-order valence-electron chi connectivity index (χ4n) is 2.35. The highest BCUT2D eigenvalue weighted by atomic mass is 35.5. The van der Waals surface area contributed by atoms with Crippen LogP contribution in [0.15, 0.2) is 47.4 Å². The molecule has 0 unspecified atom stereocenters. The third-order valence-corrected chi connectivity index (χ3v) is 4.22. The second-order valence-electron chi connectivity index (χ2n) is 5.09. The second kappa shape index (κ2) is 6.07. The number of anilines is 1. The van der Waals surface area contributed by atoms with E-state index in [0.717, 1.165) is 5.56 Å². The molecule has 4 nitrogen and oxygen atoms in total. The van der Waals surface area contributed by atoms with Crippen molar-refractivity contribution in [1.82, 2.24) is 4.98 Å². The van der Waals surface area contributed by atoms with E-state index in [9.17, 15) is 9.59 Å². The van der Waals surface area contributed by atoms with Crippen LogP contribution in [-0.2, 0) is 0 Å². The highest BCUT2D eigenvalue weighted by molar-refractivity contribution is 6.32. The van der Waals surface area contributed by atoms with Gasteiger partial charge in [-0.25, -0.2) is 0 Å². The van der Waals surface area contributed by atoms with Crippen molar-refractivity contribution >= 4 is 45.7 Å². The third-order valence-electron chi connectivity index (χ3n) is 3.58. The lowest BCUT2D eigenvalue weighted by Crippen LogP contribution is -2.22. The minimum atomic E-state index is -0.497. The lowest BCUT2D eigenvalue weighted by molar-refractivity contribution is 0.102. The average molecular weight is 347 g/mol. The van der Waals surface area contributed by atoms with Gasteiger partial charge in [0.2, 0.25) is 5.43 Å². The largest absolute Gasteiger partial charge is 0.360 e. The SMILES string of the molecule is Cc1c(Cl)ccc2c(=O)c(C(=O)Nc3cccc(Cl)c3)c[nH]c12. The van der Waals surface area contributed by atoms with Crippen LogP contribution < -0.4 is 10.7 Å². The molecule has 0 bridgehead atoms. The number of pyridine rings is 1. The van der Waals surface area contributed by atoms with Crippen LogP contribution in [-0.4, -0.2) is 10.9 Å². The molecular formula is C17H12Cl2N2O2. The van der Waals surface area contributed by atoms with E-state index in [2.05, 4.69) is 10.3 Å². The molecule has 0 aliphatic rings. The molecule has 2 aromatic carbocycles. The molecule has 6 heteroatoms. The minimum absolute atomic E-state index is 0.0270. The fourth-order valence-corrected chi connectivity index (χ4v) is 2.70. The molecule has 0 spiro atoms. The second-order valence-corrected chi connectivity index (χ2v) is 5.93. The van der Waals surface area contributed by atoms with Crippen LogP contribution in [0, 0.1) is 6.92 Å². The van der Waals surface area contributed by atoms with Crippen molar-refractivity contribution in [1.29, 1.82) is 0 Å². The molecule has 1 aromatic heterocycles. The number of amides is 1. The predicted octanol–water partition coefficient (Wildman–Crippen LogP) is 4.40. The topological polar surface area (TPSA) is 62.0 Å². The molecule has 23 heavy (non-hydrogen) atoms. The molecule has 0 saturated carbocycles. The first-order valence-electron chi connectivity index (χ1n) is 6.85. The Morgan fingerprint density at radius 2 is 1.96 bits per heavy atom. The molecule has 3 rings (SSSR count). The molecule has 0 atom stereocenters. The van der Waals surface area contributed by atoms with Crippen molar-refractivity contribution in [2.75, 3.05) is 5.32 Å². The van der Waals surface area contributed by atoms with Crippen LogP contribution in [0.25, 0.3) is 10.9 Å². The molecular weight excluding hydrogens is 335 g/mol. The van der Waals surface area contributed by atoms with Crippen molar-refractivity contribution < 1.29 is 4.79 Å². The first-order chi connectivity index (χ1) is 11.0. The van der Waals surface area contributed by atoms with Gasteiger partial charge in [-0.05, 0) is 42.8 Å². The van der Waals surface area contributed by atoms with E-state index in [0.29, 0.717) is 26.6 Å². The van der Waals surface area contributed by atoms with Gasteiger partial charge < -0.3 is 10.3 Å². The van der Waals surface area contributed by atoms with Crippen LogP contribution >= 0.6 is 23.2 Å². The molecule has 0 saturated heterocycles. The number of H-pyrrole nitrogens is 1. The Morgan fingerprint density at radius 3 is 2.70 bits per heavy atom. The van der Waals surface area contributed by atoms with Gasteiger partial charge in [0.15, 0.2) is 0 Å². The normalized spacial score (nSPS) is 10.7. The maximum atomic E-state index is 12.5. The zero-order valence-corrected chi connectivity index (χ0v) is 13.6. The number of aromatic amines is 1. The molecule has 116 valence electrons. The summed E-state index contributed by atoms with van der Waals surface area (Å²) in [5.74, 6) is -0.497. The number of carbonyl (C=O) groups is 1. The Bertz CT molecular complexity index is 980. The van der Waals surface area contributed by atoms with Gasteiger partial charge in [0.1, 0.15) is 5.56 Å². The molecule has 0 radical (unpaired) electrons. The number of hydrogen-bond donors (Lipinski definition) is 2. The van der Waals surface area contributed by atoms with Gasteiger partial charge in [-0.3, -0.25) is 9.59 Å². The summed E-state index contributed by atoms with van der Waals surface area (Å²) in [6.45, 7) is 1.81. The maximum Gasteiger partial charge on any atom is 0.261 e. The minimum Gasteiger partial charge on any atom is -0.360 e. The number of carbonyl (C=O) groups excluding carboxylic acids is 1. The van der Waals surface area contributed by atoms with Crippen LogP contribution in [0.3, 0.4) is 0 Å². The molecule has 1 heterocycles. The number of aryl methyl sites for hydroxylation is 1. The molecule has 3 aromatic rings. The smallest absolute Gasteiger partial charge is 0.261 e. The van der Waals surface area contributed by atoms with E-state index in [-0.39, 0.29) is 11.0 Å². The first kappa shape index (κ1) is 15.6. The van der Waals surface area contributed by atoms with Gasteiger partial charge in [-0.2, -0.15) is 0 Å². The van der Waals surface area contributed by atoms with E-state index in [1.807, 2.05) is 6.92 Å². The van der Waals surface area contributed by atoms with Gasteiger partial charge in [-0.1, -0.05) is 29.3 Å². The first-order valence-corrected chi connectivity index (χ1v) is 7.60. The maximum absolute atomic E-state index is 12.5. The lowest BCUT2D eigenvalue weighted by atomic mass is 10.1. The van der Waals surface area contributed by atoms with Crippen molar-refractivity contribution in [2.24, 2.45) is 0 Å². The van der Waals surface area contributed by atoms with Gasteiger partial charge in [0.25, 0.3) is 5.91 Å². The summed E-state index contributed by atoms with van der Waals surface area (Å²) in [5.41, 5.74) is 1.59. The third kappa shape index (κ3) is 2.96. The highest BCUT2D eigenvalue weighted by Gasteiger charge is 2.15. The molecule has 2 N–H and O–H groups in total. The lowest BCUT2D eigenvalue weighted by Gasteiger charge is -2.08. The van der Waals surface area contributed by atoms with Crippen LogP contribution in [0.4, 0.5) is 5.69 Å². The number of rotatable bonds is 2. The van der Waals surface area contributed by atoms with Crippen molar-refractivity contribution in [3.8, 4) is 0 Å². The summed E-state index contributed by atoms with van der Waals surface area (Å²) in [5, 5.41) is 4.14. The molecule has 0 aliphatic carbocycles. The fraction of sp³-hybridized carbons (Fsp3) is 0.0588. The predicted molar refractivity (Wildman–Crippen MR) is 93.7 cm³/mol. The van der Waals surface area contributed by atoms with Gasteiger partial charge >= 0.3 is 0 Å². The number of benzene rings is 2. The van der Waals surface area contributed by atoms with Gasteiger partial charge in [0.05, 0.1) is 5.52 Å². The number of fused-ring (bicyclic) bond motifs is 1. The number of nitrogens with one attached hydrogen (secondary N) is 2. The monoisotopic (exact) mass is 346 g/mol. The van der Waals surface area contributed by atoms with E-state index in [1.54, 1.807) is 36.4 Å². The Labute approximate surface area is 142 Å². The summed E-state index contributed by atoms with van der Waals surface area (Å²) < 4.78 is 0. The summed E-state index contributed by atoms with van der Waals surface area (Å²) in [4.78, 5) is 27.9. The van der Waals surface area contributed by atoms with Crippen LogP contribution in [0.5, 0.6) is 0 Å². The Hall–Kier alpha value is -2.30. The molecule has 0 aliphatic heterocycles. The van der Waals surface area contributed by atoms with Gasteiger partial charge in [0, 0.05) is 27.3 Å². The Balaban J connectivity index is 2.03. The quantitative estimate of drug-likeness (QED) is 0.722. The summed E-state index contributed by atoms with van der Waals surface area (Å²) >= 11 is 11.9. The van der Waals surface area contributed by atoms with E-state index >= 15 is 0 Å². The van der Waals surface area contributed by atoms with Gasteiger partial charge in [-0.15, -0.1) is 0 Å². The number of aromatic nitrogens is 1.